The van der Waals surface area contributed by atoms with E-state index in [9.17, 15) is 14.9 Å². The molecule has 1 aliphatic rings. The number of carbonyl (C=O) groups excluding carboxylic acids is 1. The molecule has 0 radical (unpaired) electrons. The van der Waals surface area contributed by atoms with Crippen molar-refractivity contribution in [2.75, 3.05) is 31.7 Å². The van der Waals surface area contributed by atoms with Crippen LogP contribution in [0.3, 0.4) is 0 Å². The average molecular weight is 315 g/mol. The van der Waals surface area contributed by atoms with Crippen LogP contribution in [-0.2, 0) is 14.3 Å². The smallest absolute Gasteiger partial charge is 0.308 e. The molecule has 0 bridgehead atoms. The third kappa shape index (κ3) is 3.83. The number of hydrogen-bond donors (Lipinski definition) is 0. The minimum Gasteiger partial charge on any atom is -0.469 e. The molecule has 1 aromatic carbocycles. The van der Waals surface area contributed by atoms with Gasteiger partial charge in [-0.05, 0) is 12.1 Å². The maximum atomic E-state index is 11.3. The van der Waals surface area contributed by atoms with Gasteiger partial charge in [0.05, 0.1) is 31.2 Å². The Morgan fingerprint density at radius 2 is 2.38 bits per heavy atom. The molecule has 1 atom stereocenters. The average Bonchev–Trinajstić information content (AvgIpc) is 2.47. The summed E-state index contributed by atoms with van der Waals surface area (Å²) in [6.07, 6.45) is -0.226. The van der Waals surface area contributed by atoms with Gasteiger partial charge >= 0.3 is 5.97 Å². The van der Waals surface area contributed by atoms with E-state index in [1.54, 1.807) is 12.1 Å². The highest BCUT2D eigenvalue weighted by Crippen LogP contribution is 2.32. The molecule has 0 amide bonds. The molecule has 1 saturated heterocycles. The topological polar surface area (TPSA) is 81.9 Å². The van der Waals surface area contributed by atoms with Crippen molar-refractivity contribution in [3.63, 3.8) is 0 Å². The number of nitro groups is 1. The Bertz CT molecular complexity index is 551. The van der Waals surface area contributed by atoms with Crippen molar-refractivity contribution < 1.29 is 19.2 Å². The van der Waals surface area contributed by atoms with Gasteiger partial charge in [0.15, 0.2) is 0 Å². The Hall–Kier alpha value is -1.86. The lowest BCUT2D eigenvalue weighted by atomic mass is 10.1. The quantitative estimate of drug-likeness (QED) is 0.480. The Morgan fingerprint density at radius 1 is 1.62 bits per heavy atom. The van der Waals surface area contributed by atoms with Crippen molar-refractivity contribution in [2.24, 2.45) is 0 Å². The summed E-state index contributed by atoms with van der Waals surface area (Å²) in [5.74, 6) is -0.368. The molecule has 0 spiro atoms. The largest absolute Gasteiger partial charge is 0.469 e. The predicted octanol–water partition coefficient (Wildman–Crippen LogP) is 2.02. The Morgan fingerprint density at radius 3 is 3.05 bits per heavy atom. The van der Waals surface area contributed by atoms with Gasteiger partial charge in [0, 0.05) is 24.2 Å². The molecule has 2 rings (SSSR count). The number of rotatable bonds is 4. The number of anilines is 1. The van der Waals surface area contributed by atoms with Crippen molar-refractivity contribution in [1.29, 1.82) is 0 Å². The van der Waals surface area contributed by atoms with Crippen LogP contribution in [0, 0.1) is 10.1 Å². The summed E-state index contributed by atoms with van der Waals surface area (Å²) >= 11 is 5.81. The van der Waals surface area contributed by atoms with E-state index in [4.69, 9.17) is 16.3 Å². The van der Waals surface area contributed by atoms with Gasteiger partial charge in [-0.15, -0.1) is 0 Å². The first-order valence-electron chi connectivity index (χ1n) is 6.38. The fraction of sp³-hybridized carbons (Fsp3) is 0.462. The lowest BCUT2D eigenvalue weighted by molar-refractivity contribution is -0.384. The first kappa shape index (κ1) is 15.5. The molecule has 0 saturated carbocycles. The van der Waals surface area contributed by atoms with Crippen molar-refractivity contribution in [3.05, 3.63) is 33.3 Å². The SMILES string of the molecule is COC(=O)CC1CN(c2ccc(Cl)cc2[N+](=O)[O-])CCO1. The summed E-state index contributed by atoms with van der Waals surface area (Å²) in [5, 5.41) is 11.4. The van der Waals surface area contributed by atoms with Crippen molar-refractivity contribution in [1.82, 2.24) is 0 Å². The molecule has 1 heterocycles. The molecule has 1 unspecified atom stereocenters. The maximum Gasteiger partial charge on any atom is 0.308 e. The normalized spacial score (nSPS) is 18.4. The zero-order valence-corrected chi connectivity index (χ0v) is 12.2. The molecule has 114 valence electrons. The van der Waals surface area contributed by atoms with Crippen LogP contribution in [-0.4, -0.2) is 43.8 Å². The van der Waals surface area contributed by atoms with Gasteiger partial charge < -0.3 is 14.4 Å². The van der Waals surface area contributed by atoms with Crippen LogP contribution in [0.1, 0.15) is 6.42 Å². The van der Waals surface area contributed by atoms with Gasteiger partial charge in [0.2, 0.25) is 0 Å². The molecule has 0 N–H and O–H groups in total. The maximum absolute atomic E-state index is 11.3. The van der Waals surface area contributed by atoms with Gasteiger partial charge in [-0.25, -0.2) is 0 Å². The zero-order chi connectivity index (χ0) is 15.4. The second-order valence-corrected chi connectivity index (χ2v) is 5.05. The van der Waals surface area contributed by atoms with Crippen molar-refractivity contribution in [3.8, 4) is 0 Å². The summed E-state index contributed by atoms with van der Waals surface area (Å²) in [7, 11) is 1.31. The van der Waals surface area contributed by atoms with Crippen LogP contribution in [0.5, 0.6) is 0 Å². The van der Waals surface area contributed by atoms with E-state index in [2.05, 4.69) is 4.74 Å². The van der Waals surface area contributed by atoms with Gasteiger partial charge in [-0.2, -0.15) is 0 Å². The van der Waals surface area contributed by atoms with Crippen LogP contribution >= 0.6 is 11.6 Å². The fourth-order valence-corrected chi connectivity index (χ4v) is 2.41. The third-order valence-electron chi connectivity index (χ3n) is 3.24. The van der Waals surface area contributed by atoms with E-state index in [1.165, 1.54) is 13.2 Å². The number of benzene rings is 1. The third-order valence-corrected chi connectivity index (χ3v) is 3.47. The number of methoxy groups -OCH3 is 1. The lowest BCUT2D eigenvalue weighted by Gasteiger charge is -2.33. The van der Waals surface area contributed by atoms with E-state index in [-0.39, 0.29) is 24.2 Å². The van der Waals surface area contributed by atoms with E-state index in [0.717, 1.165) is 0 Å². The highest BCUT2D eigenvalue weighted by Gasteiger charge is 2.27. The number of nitro benzene ring substituents is 1. The number of halogens is 1. The summed E-state index contributed by atoms with van der Waals surface area (Å²) in [4.78, 5) is 23.8. The molecule has 21 heavy (non-hydrogen) atoms. The highest BCUT2D eigenvalue weighted by molar-refractivity contribution is 6.30. The molecule has 1 fully saturated rings. The van der Waals surface area contributed by atoms with Gasteiger partial charge in [-0.1, -0.05) is 11.6 Å². The number of hydrogen-bond acceptors (Lipinski definition) is 6. The molecule has 1 aliphatic heterocycles. The number of ether oxygens (including phenoxy) is 2. The first-order valence-corrected chi connectivity index (χ1v) is 6.76. The predicted molar refractivity (Wildman–Crippen MR) is 76.7 cm³/mol. The van der Waals surface area contributed by atoms with Gasteiger partial charge in [0.1, 0.15) is 5.69 Å². The minimum atomic E-state index is -0.466. The van der Waals surface area contributed by atoms with Crippen LogP contribution in [0.15, 0.2) is 18.2 Å². The van der Waals surface area contributed by atoms with Crippen molar-refractivity contribution in [2.45, 2.75) is 12.5 Å². The number of nitrogens with zero attached hydrogens (tertiary/aromatic N) is 2. The summed E-state index contributed by atoms with van der Waals surface area (Å²) in [6, 6.07) is 4.54. The second-order valence-electron chi connectivity index (χ2n) is 4.61. The Kier molecular flexibility index (Phi) is 4.98. The van der Waals surface area contributed by atoms with Gasteiger partial charge in [-0.3, -0.25) is 14.9 Å². The van der Waals surface area contributed by atoms with Crippen LogP contribution in [0.4, 0.5) is 11.4 Å². The van der Waals surface area contributed by atoms with E-state index in [0.29, 0.717) is 30.4 Å². The summed E-state index contributed by atoms with van der Waals surface area (Å²) in [6.45, 7) is 1.29. The number of carbonyl (C=O) groups is 1. The first-order chi connectivity index (χ1) is 10.0. The van der Waals surface area contributed by atoms with E-state index < -0.39 is 4.92 Å². The van der Waals surface area contributed by atoms with Crippen LogP contribution < -0.4 is 4.90 Å². The monoisotopic (exact) mass is 314 g/mol. The van der Waals surface area contributed by atoms with E-state index in [1.807, 2.05) is 4.90 Å². The molecular weight excluding hydrogens is 300 g/mol. The minimum absolute atomic E-state index is 0.0544. The molecule has 0 aliphatic carbocycles. The number of esters is 1. The molecule has 1 aromatic rings. The molecular formula is C13H15ClN2O5. The Balaban J connectivity index is 2.18. The number of morpholine rings is 1. The molecule has 8 heteroatoms. The van der Waals surface area contributed by atoms with E-state index >= 15 is 0 Å². The summed E-state index contributed by atoms with van der Waals surface area (Å²) in [5.41, 5.74) is 0.420. The standard InChI is InChI=1S/C13H15ClN2O5/c1-20-13(17)7-10-8-15(4-5-21-10)11-3-2-9(14)6-12(11)16(18)19/h2-3,6,10H,4-5,7-8H2,1H3. The zero-order valence-electron chi connectivity index (χ0n) is 11.5. The van der Waals surface area contributed by atoms with Crippen molar-refractivity contribution >= 4 is 28.9 Å². The highest BCUT2D eigenvalue weighted by atomic mass is 35.5. The molecule has 0 aromatic heterocycles. The Labute approximate surface area is 126 Å². The lowest BCUT2D eigenvalue weighted by Crippen LogP contribution is -2.43. The summed E-state index contributed by atoms with van der Waals surface area (Å²) < 4.78 is 10.1. The molecule has 7 nitrogen and oxygen atoms in total. The van der Waals surface area contributed by atoms with Crippen LogP contribution in [0.25, 0.3) is 0 Å². The van der Waals surface area contributed by atoms with Crippen LogP contribution in [0.2, 0.25) is 5.02 Å². The second kappa shape index (κ2) is 6.73. The van der Waals surface area contributed by atoms with Gasteiger partial charge in [0.25, 0.3) is 5.69 Å². The fourth-order valence-electron chi connectivity index (χ4n) is 2.24.